The van der Waals surface area contributed by atoms with Crippen LogP contribution in [0.15, 0.2) is 36.4 Å². The summed E-state index contributed by atoms with van der Waals surface area (Å²) in [6, 6.07) is 12.2. The van der Waals surface area contributed by atoms with Crippen molar-refractivity contribution in [2.75, 3.05) is 13.1 Å². The highest BCUT2D eigenvalue weighted by Gasteiger charge is 2.72. The molecule has 1 saturated heterocycles. The maximum atomic E-state index is 12.7. The van der Waals surface area contributed by atoms with Crippen molar-refractivity contribution in [2.45, 2.75) is 62.7 Å². The molecule has 0 saturated carbocycles. The van der Waals surface area contributed by atoms with Crippen molar-refractivity contribution in [1.29, 1.82) is 0 Å². The van der Waals surface area contributed by atoms with E-state index in [0.717, 1.165) is 49.1 Å². The van der Waals surface area contributed by atoms with Gasteiger partial charge in [-0.1, -0.05) is 38.1 Å². The first-order chi connectivity index (χ1) is 15.4. The van der Waals surface area contributed by atoms with Gasteiger partial charge in [-0.3, -0.25) is 4.90 Å². The zero-order chi connectivity index (χ0) is 21.8. The van der Waals surface area contributed by atoms with E-state index in [1.54, 1.807) is 6.07 Å². The van der Waals surface area contributed by atoms with Gasteiger partial charge in [0.1, 0.15) is 0 Å². The molecule has 4 atom stereocenters. The third-order valence-electron chi connectivity index (χ3n) is 8.87. The van der Waals surface area contributed by atoms with Crippen LogP contribution in [0.25, 0.3) is 10.9 Å². The van der Waals surface area contributed by atoms with E-state index >= 15 is 0 Å². The first-order valence-electron chi connectivity index (χ1n) is 12.0. The molecule has 2 aliphatic carbocycles. The monoisotopic (exact) mass is 430 g/mol. The summed E-state index contributed by atoms with van der Waals surface area (Å²) in [6.07, 6.45) is 3.07. The summed E-state index contributed by atoms with van der Waals surface area (Å²) in [5.74, 6) is 1.41. The molecular formula is C27H30N2O3. The van der Waals surface area contributed by atoms with Gasteiger partial charge in [0, 0.05) is 28.9 Å². The van der Waals surface area contributed by atoms with E-state index in [-0.39, 0.29) is 17.9 Å². The first-order valence-corrected chi connectivity index (χ1v) is 12.0. The largest absolute Gasteiger partial charge is 0.504 e. The van der Waals surface area contributed by atoms with Crippen LogP contribution in [0.3, 0.4) is 0 Å². The standard InChI is InChI=1S/C27H30N2O3/c1-15(2)9-11-29-12-10-26-22-16-7-8-20(30)24(22)32-25(26)23-18(14-27(26,31)21(29)13-16)17-5-3-4-6-19(17)28-23/h3-8,15,21,25,28,30-31H,9-14H2,1-2H3/t21-,25-,26+,27-/m1/s1. The zero-order valence-corrected chi connectivity index (χ0v) is 18.7. The molecule has 0 radical (unpaired) electrons. The van der Waals surface area contributed by atoms with Gasteiger partial charge in [-0.05, 0) is 61.5 Å². The maximum absolute atomic E-state index is 12.7. The lowest BCUT2D eigenvalue weighted by atomic mass is 9.49. The molecule has 2 bridgehead atoms. The number of nitrogens with one attached hydrogen (secondary N) is 1. The van der Waals surface area contributed by atoms with E-state index in [0.29, 0.717) is 18.1 Å². The number of phenols is 1. The fourth-order valence-electron chi connectivity index (χ4n) is 7.42. The zero-order valence-electron chi connectivity index (χ0n) is 18.7. The molecular weight excluding hydrogens is 400 g/mol. The molecule has 1 fully saturated rings. The molecule has 5 nitrogen and oxygen atoms in total. The fraction of sp³-hybridized carbons (Fsp3) is 0.481. The van der Waals surface area contributed by atoms with Crippen molar-refractivity contribution in [2.24, 2.45) is 5.92 Å². The van der Waals surface area contributed by atoms with Crippen LogP contribution < -0.4 is 4.74 Å². The number of phenolic OH excluding ortho intramolecular Hbond substituents is 1. The minimum absolute atomic E-state index is 0.0471. The third-order valence-corrected chi connectivity index (χ3v) is 8.87. The number of H-pyrrole nitrogens is 1. The topological polar surface area (TPSA) is 68.7 Å². The minimum Gasteiger partial charge on any atom is -0.504 e. The number of likely N-dealkylation sites (tertiary alicyclic amines) is 1. The van der Waals surface area contributed by atoms with E-state index in [9.17, 15) is 10.2 Å². The molecule has 7 rings (SSSR count). The Bertz CT molecular complexity index is 1260. The summed E-state index contributed by atoms with van der Waals surface area (Å²) in [5, 5.41) is 24.7. The Morgan fingerprint density at radius 3 is 2.91 bits per heavy atom. The Balaban J connectivity index is 1.49. The molecule has 2 aromatic carbocycles. The Hall–Kier alpha value is -2.50. The second kappa shape index (κ2) is 6.09. The number of para-hydroxylation sites is 1. The van der Waals surface area contributed by atoms with Gasteiger partial charge < -0.3 is 19.9 Å². The Labute approximate surface area is 188 Å². The van der Waals surface area contributed by atoms with Crippen LogP contribution in [0.1, 0.15) is 55.2 Å². The minimum atomic E-state index is -0.934. The van der Waals surface area contributed by atoms with Gasteiger partial charge in [-0.2, -0.15) is 0 Å². The second-order valence-corrected chi connectivity index (χ2v) is 10.8. The van der Waals surface area contributed by atoms with Crippen LogP contribution in [-0.4, -0.2) is 44.8 Å². The highest BCUT2D eigenvalue weighted by Crippen LogP contribution is 2.68. The Morgan fingerprint density at radius 1 is 1.22 bits per heavy atom. The van der Waals surface area contributed by atoms with Crippen LogP contribution >= 0.6 is 0 Å². The molecule has 0 unspecified atom stereocenters. The number of aromatic hydroxyl groups is 1. The van der Waals surface area contributed by atoms with Gasteiger partial charge >= 0.3 is 0 Å². The van der Waals surface area contributed by atoms with Crippen LogP contribution in [0, 0.1) is 5.92 Å². The molecule has 5 heteroatoms. The summed E-state index contributed by atoms with van der Waals surface area (Å²) in [4.78, 5) is 6.18. The molecule has 1 spiro atoms. The number of hydrogen-bond acceptors (Lipinski definition) is 4. The van der Waals surface area contributed by atoms with E-state index in [1.807, 2.05) is 6.07 Å². The van der Waals surface area contributed by atoms with Crippen LogP contribution in [-0.2, 0) is 18.3 Å². The number of nitrogens with zero attached hydrogens (tertiary/aromatic N) is 1. The van der Waals surface area contributed by atoms with Gasteiger partial charge in [-0.15, -0.1) is 0 Å². The molecule has 3 aromatic rings. The van der Waals surface area contributed by atoms with Gasteiger partial charge in [0.2, 0.25) is 0 Å². The van der Waals surface area contributed by atoms with Crippen LogP contribution in [0.4, 0.5) is 0 Å². The SMILES string of the molecule is CC(C)CCN1CC[C@]23c4c5ccc(O)c4O[C@@H]2c2[nH]c4ccccc4c2C[C@@]3(O)[C@H]1C5. The van der Waals surface area contributed by atoms with Gasteiger partial charge in [0.15, 0.2) is 17.6 Å². The van der Waals surface area contributed by atoms with Gasteiger partial charge in [0.05, 0.1) is 16.7 Å². The Kier molecular flexibility index (Phi) is 3.62. The number of benzene rings is 2. The Morgan fingerprint density at radius 2 is 2.06 bits per heavy atom. The summed E-state index contributed by atoms with van der Waals surface area (Å²) in [6.45, 7) is 6.49. The van der Waals surface area contributed by atoms with Crippen molar-refractivity contribution in [3.8, 4) is 11.5 Å². The predicted octanol–water partition coefficient (Wildman–Crippen LogP) is 4.21. The summed E-state index contributed by atoms with van der Waals surface area (Å²) in [5.41, 5.74) is 4.17. The highest BCUT2D eigenvalue weighted by atomic mass is 16.5. The number of ether oxygens (including phenoxy) is 1. The molecule has 1 aromatic heterocycles. The van der Waals surface area contributed by atoms with Crippen molar-refractivity contribution in [3.05, 3.63) is 58.8 Å². The van der Waals surface area contributed by atoms with E-state index in [4.69, 9.17) is 4.74 Å². The first kappa shape index (κ1) is 19.0. The van der Waals surface area contributed by atoms with Gasteiger partial charge in [0.25, 0.3) is 0 Å². The summed E-state index contributed by atoms with van der Waals surface area (Å²) >= 11 is 0. The number of aromatic nitrogens is 1. The maximum Gasteiger partial charge on any atom is 0.166 e. The lowest BCUT2D eigenvalue weighted by Gasteiger charge is -2.62. The number of rotatable bonds is 3. The molecule has 2 aliphatic heterocycles. The fourth-order valence-corrected chi connectivity index (χ4v) is 7.42. The lowest BCUT2D eigenvalue weighted by Crippen LogP contribution is -2.74. The molecule has 166 valence electrons. The highest BCUT2D eigenvalue weighted by molar-refractivity contribution is 5.86. The number of aromatic amines is 1. The van der Waals surface area contributed by atoms with E-state index in [2.05, 4.69) is 48.0 Å². The average molecular weight is 431 g/mol. The molecule has 32 heavy (non-hydrogen) atoms. The predicted molar refractivity (Wildman–Crippen MR) is 123 cm³/mol. The smallest absolute Gasteiger partial charge is 0.166 e. The quantitative estimate of drug-likeness (QED) is 0.582. The van der Waals surface area contributed by atoms with Crippen LogP contribution in [0.5, 0.6) is 11.5 Å². The molecule has 0 amide bonds. The lowest BCUT2D eigenvalue weighted by molar-refractivity contribution is -0.173. The third kappa shape index (κ3) is 2.07. The number of aliphatic hydroxyl groups is 1. The second-order valence-electron chi connectivity index (χ2n) is 10.8. The summed E-state index contributed by atoms with van der Waals surface area (Å²) in [7, 11) is 0. The number of fused-ring (bicyclic) bond motifs is 4. The molecule has 3 N–H and O–H groups in total. The van der Waals surface area contributed by atoms with Gasteiger partial charge in [-0.25, -0.2) is 0 Å². The molecule has 4 aliphatic rings. The van der Waals surface area contributed by atoms with Crippen molar-refractivity contribution in [3.63, 3.8) is 0 Å². The van der Waals surface area contributed by atoms with Crippen molar-refractivity contribution >= 4 is 10.9 Å². The van der Waals surface area contributed by atoms with E-state index < -0.39 is 11.0 Å². The molecule has 3 heterocycles. The van der Waals surface area contributed by atoms with Crippen molar-refractivity contribution < 1.29 is 14.9 Å². The number of piperidine rings is 1. The average Bonchev–Trinajstić information content (AvgIpc) is 3.30. The number of hydrogen-bond donors (Lipinski definition) is 3. The van der Waals surface area contributed by atoms with E-state index in [1.165, 1.54) is 16.5 Å². The summed E-state index contributed by atoms with van der Waals surface area (Å²) < 4.78 is 6.60. The van der Waals surface area contributed by atoms with Crippen molar-refractivity contribution in [1.82, 2.24) is 9.88 Å². The normalized spacial score (nSPS) is 32.1. The van der Waals surface area contributed by atoms with Crippen LogP contribution in [0.2, 0.25) is 0 Å².